The van der Waals surface area contributed by atoms with E-state index in [1.54, 1.807) is 0 Å². The SMILES string of the molecule is NSc1cccc2c(NC(=O)N3CCCCCC3)cccc12. The predicted octanol–water partition coefficient (Wildman–Crippen LogP) is 4.21. The third-order valence-corrected chi connectivity index (χ3v) is 4.75. The molecule has 0 spiro atoms. The molecule has 1 fully saturated rings. The topological polar surface area (TPSA) is 58.4 Å². The Kier molecular flexibility index (Phi) is 4.85. The number of nitrogens with two attached hydrogens (primary N) is 1. The minimum Gasteiger partial charge on any atom is -0.325 e. The van der Waals surface area contributed by atoms with Crippen LogP contribution in [0.15, 0.2) is 41.3 Å². The number of benzene rings is 2. The molecule has 0 saturated carbocycles. The zero-order valence-corrected chi connectivity index (χ0v) is 13.4. The van der Waals surface area contributed by atoms with Crippen LogP contribution in [0.2, 0.25) is 0 Å². The lowest BCUT2D eigenvalue weighted by atomic mass is 10.1. The summed E-state index contributed by atoms with van der Waals surface area (Å²) in [6.45, 7) is 1.70. The summed E-state index contributed by atoms with van der Waals surface area (Å²) in [5.41, 5.74) is 0.850. The first-order valence-corrected chi connectivity index (χ1v) is 8.62. The Bertz CT molecular complexity index is 666. The summed E-state index contributed by atoms with van der Waals surface area (Å²) in [7, 11) is 0. The fraction of sp³-hybridized carbons (Fsp3) is 0.353. The van der Waals surface area contributed by atoms with Gasteiger partial charge in [0.2, 0.25) is 0 Å². The molecule has 5 heteroatoms. The molecule has 4 nitrogen and oxygen atoms in total. The number of anilines is 1. The molecule has 116 valence electrons. The minimum atomic E-state index is 0.000189. The summed E-state index contributed by atoms with van der Waals surface area (Å²) in [4.78, 5) is 15.4. The van der Waals surface area contributed by atoms with E-state index in [2.05, 4.69) is 5.32 Å². The molecule has 0 aliphatic carbocycles. The summed E-state index contributed by atoms with van der Waals surface area (Å²) in [6.07, 6.45) is 4.62. The number of rotatable bonds is 2. The summed E-state index contributed by atoms with van der Waals surface area (Å²) in [6, 6.07) is 11.9. The van der Waals surface area contributed by atoms with Crippen molar-refractivity contribution >= 4 is 34.4 Å². The van der Waals surface area contributed by atoms with E-state index >= 15 is 0 Å². The highest BCUT2D eigenvalue weighted by atomic mass is 32.2. The van der Waals surface area contributed by atoms with Crippen molar-refractivity contribution in [2.75, 3.05) is 18.4 Å². The number of nitrogens with zero attached hydrogens (tertiary/aromatic N) is 1. The highest BCUT2D eigenvalue weighted by Gasteiger charge is 2.16. The van der Waals surface area contributed by atoms with Gasteiger partial charge in [0.25, 0.3) is 0 Å². The van der Waals surface area contributed by atoms with Gasteiger partial charge in [-0.05, 0) is 42.3 Å². The summed E-state index contributed by atoms with van der Waals surface area (Å²) < 4.78 is 0. The first kappa shape index (κ1) is 15.2. The number of nitrogens with one attached hydrogen (secondary N) is 1. The van der Waals surface area contributed by atoms with Gasteiger partial charge in [-0.2, -0.15) is 0 Å². The number of carbonyl (C=O) groups excluding carboxylic acids is 1. The number of hydrogen-bond donors (Lipinski definition) is 2. The van der Waals surface area contributed by atoms with Crippen LogP contribution in [-0.4, -0.2) is 24.0 Å². The monoisotopic (exact) mass is 315 g/mol. The fourth-order valence-electron chi connectivity index (χ4n) is 2.96. The number of hydrogen-bond acceptors (Lipinski definition) is 3. The lowest BCUT2D eigenvalue weighted by molar-refractivity contribution is 0.214. The number of fused-ring (bicyclic) bond motifs is 1. The van der Waals surface area contributed by atoms with E-state index in [4.69, 9.17) is 5.14 Å². The Hall–Kier alpha value is -1.72. The Morgan fingerprint density at radius 3 is 2.41 bits per heavy atom. The predicted molar refractivity (Wildman–Crippen MR) is 93.1 cm³/mol. The van der Waals surface area contributed by atoms with Crippen LogP contribution in [0, 0.1) is 0 Å². The minimum absolute atomic E-state index is 0.000189. The molecule has 22 heavy (non-hydrogen) atoms. The van der Waals surface area contributed by atoms with Crippen LogP contribution in [0.25, 0.3) is 10.8 Å². The molecule has 1 heterocycles. The van der Waals surface area contributed by atoms with E-state index in [9.17, 15) is 4.79 Å². The number of carbonyl (C=O) groups is 1. The van der Waals surface area contributed by atoms with E-state index in [0.29, 0.717) is 0 Å². The van der Waals surface area contributed by atoms with Crippen molar-refractivity contribution in [1.82, 2.24) is 4.90 Å². The van der Waals surface area contributed by atoms with Crippen molar-refractivity contribution in [1.29, 1.82) is 0 Å². The van der Waals surface area contributed by atoms with Gasteiger partial charge < -0.3 is 10.2 Å². The number of likely N-dealkylation sites (tertiary alicyclic amines) is 1. The van der Waals surface area contributed by atoms with Crippen LogP contribution in [0.3, 0.4) is 0 Å². The first-order chi connectivity index (χ1) is 10.8. The van der Waals surface area contributed by atoms with Gasteiger partial charge in [0, 0.05) is 23.4 Å². The van der Waals surface area contributed by atoms with E-state index in [1.165, 1.54) is 24.8 Å². The van der Waals surface area contributed by atoms with Gasteiger partial charge in [0.15, 0.2) is 0 Å². The normalized spacial score (nSPS) is 15.6. The number of urea groups is 1. The van der Waals surface area contributed by atoms with Crippen molar-refractivity contribution in [3.05, 3.63) is 36.4 Å². The zero-order valence-electron chi connectivity index (χ0n) is 12.5. The van der Waals surface area contributed by atoms with Crippen molar-refractivity contribution in [2.45, 2.75) is 30.6 Å². The van der Waals surface area contributed by atoms with Gasteiger partial charge in [-0.1, -0.05) is 37.1 Å². The molecule has 1 saturated heterocycles. The molecule has 3 N–H and O–H groups in total. The highest BCUT2D eigenvalue weighted by Crippen LogP contribution is 2.30. The zero-order chi connectivity index (χ0) is 15.4. The molecule has 0 bridgehead atoms. The van der Waals surface area contributed by atoms with Gasteiger partial charge in [-0.3, -0.25) is 5.14 Å². The smallest absolute Gasteiger partial charge is 0.321 e. The molecular weight excluding hydrogens is 294 g/mol. The second-order valence-corrected chi connectivity index (χ2v) is 6.28. The van der Waals surface area contributed by atoms with Gasteiger partial charge in [0.1, 0.15) is 0 Å². The van der Waals surface area contributed by atoms with Crippen LogP contribution in [-0.2, 0) is 0 Å². The Balaban J connectivity index is 1.85. The maximum Gasteiger partial charge on any atom is 0.321 e. The van der Waals surface area contributed by atoms with Crippen molar-refractivity contribution in [3.8, 4) is 0 Å². The van der Waals surface area contributed by atoms with E-state index in [0.717, 1.165) is 47.3 Å². The van der Waals surface area contributed by atoms with Crippen LogP contribution in [0.4, 0.5) is 10.5 Å². The van der Waals surface area contributed by atoms with Crippen LogP contribution in [0.1, 0.15) is 25.7 Å². The largest absolute Gasteiger partial charge is 0.325 e. The maximum atomic E-state index is 12.5. The molecule has 1 aliphatic heterocycles. The summed E-state index contributed by atoms with van der Waals surface area (Å²) >= 11 is 1.23. The lowest BCUT2D eigenvalue weighted by Gasteiger charge is -2.21. The second kappa shape index (κ2) is 7.03. The first-order valence-electron chi connectivity index (χ1n) is 7.74. The van der Waals surface area contributed by atoms with Crippen LogP contribution < -0.4 is 10.5 Å². The molecule has 0 radical (unpaired) electrons. The molecule has 2 aromatic carbocycles. The molecule has 2 aromatic rings. The lowest BCUT2D eigenvalue weighted by Crippen LogP contribution is -2.35. The third kappa shape index (κ3) is 3.20. The summed E-state index contributed by atoms with van der Waals surface area (Å²) in [5, 5.41) is 10.9. The maximum absolute atomic E-state index is 12.5. The highest BCUT2D eigenvalue weighted by molar-refractivity contribution is 7.97. The van der Waals surface area contributed by atoms with Gasteiger partial charge in [0.05, 0.1) is 5.69 Å². The van der Waals surface area contributed by atoms with E-state index in [-0.39, 0.29) is 6.03 Å². The molecule has 3 rings (SSSR count). The van der Waals surface area contributed by atoms with Crippen LogP contribution in [0.5, 0.6) is 0 Å². The Morgan fingerprint density at radius 1 is 1.00 bits per heavy atom. The van der Waals surface area contributed by atoms with Gasteiger partial charge >= 0.3 is 6.03 Å². The van der Waals surface area contributed by atoms with Crippen molar-refractivity contribution < 1.29 is 4.79 Å². The molecule has 1 aliphatic rings. The summed E-state index contributed by atoms with van der Waals surface area (Å²) in [5.74, 6) is 0. The quantitative estimate of drug-likeness (QED) is 0.816. The van der Waals surface area contributed by atoms with Gasteiger partial charge in [-0.25, -0.2) is 4.79 Å². The van der Waals surface area contributed by atoms with E-state index in [1.807, 2.05) is 41.3 Å². The average Bonchev–Trinajstić information content (AvgIpc) is 2.84. The van der Waals surface area contributed by atoms with Gasteiger partial charge in [-0.15, -0.1) is 0 Å². The molecule has 2 amide bonds. The number of amides is 2. The fourth-order valence-corrected chi connectivity index (χ4v) is 3.42. The van der Waals surface area contributed by atoms with E-state index < -0.39 is 0 Å². The Labute approximate surface area is 135 Å². The molecule has 0 aromatic heterocycles. The Morgan fingerprint density at radius 2 is 1.68 bits per heavy atom. The molecule has 0 unspecified atom stereocenters. The van der Waals surface area contributed by atoms with Crippen LogP contribution >= 0.6 is 11.9 Å². The van der Waals surface area contributed by atoms with Crippen molar-refractivity contribution in [2.24, 2.45) is 5.14 Å². The standard InChI is InChI=1S/C17H21N3OS/c18-22-16-10-6-7-13-14(16)8-5-9-15(13)19-17(21)20-11-3-1-2-4-12-20/h5-10H,1-4,11-12,18H2,(H,19,21). The molecule has 0 atom stereocenters. The average molecular weight is 315 g/mol. The molecular formula is C17H21N3OS. The third-order valence-electron chi connectivity index (χ3n) is 4.14. The second-order valence-electron chi connectivity index (χ2n) is 5.61. The van der Waals surface area contributed by atoms with Crippen molar-refractivity contribution in [3.63, 3.8) is 0 Å².